The molecule has 0 rings (SSSR count). The summed E-state index contributed by atoms with van der Waals surface area (Å²) in [6, 6.07) is 0. The maximum absolute atomic E-state index is 8.54. The quantitative estimate of drug-likeness (QED) is 0.393. The van der Waals surface area contributed by atoms with Gasteiger partial charge in [-0.25, -0.2) is 0 Å². The first-order valence-corrected chi connectivity index (χ1v) is 2.42. The molecule has 0 atom stereocenters. The molecule has 0 aliphatic carbocycles. The first-order valence-electron chi connectivity index (χ1n) is 0.408. The SMILES string of the molecule is O.[MgH2].[O]=[Zr]=[O]. The minimum absolute atomic E-state index is 0. The Morgan fingerprint density at radius 3 is 1.20 bits per heavy atom. The van der Waals surface area contributed by atoms with Gasteiger partial charge in [0.2, 0.25) is 0 Å². The van der Waals surface area contributed by atoms with Crippen molar-refractivity contribution in [1.29, 1.82) is 0 Å². The Kier molecular flexibility index (Phi) is 61.9. The first kappa shape index (κ1) is 16.4. The zero-order valence-electron chi connectivity index (χ0n) is 1.82. The maximum atomic E-state index is 8.54. The second-order valence-electron chi connectivity index (χ2n) is 0.0833. The van der Waals surface area contributed by atoms with E-state index in [1.54, 1.807) is 0 Å². The van der Waals surface area contributed by atoms with E-state index in [0.717, 1.165) is 0 Å². The average Bonchev–Trinajstić information content (AvgIpc) is 0.918. The minimum atomic E-state index is -2.27. The van der Waals surface area contributed by atoms with Crippen LogP contribution in [0, 0.1) is 0 Å². The van der Waals surface area contributed by atoms with Crippen molar-refractivity contribution in [3.8, 4) is 0 Å². The Morgan fingerprint density at radius 2 is 1.20 bits per heavy atom. The normalized spacial score (nSPS) is 1.60. The van der Waals surface area contributed by atoms with Crippen LogP contribution < -0.4 is 0 Å². The monoisotopic (exact) mass is 166 g/mol. The van der Waals surface area contributed by atoms with Crippen LogP contribution in [0.2, 0.25) is 0 Å². The van der Waals surface area contributed by atoms with E-state index < -0.39 is 23.2 Å². The van der Waals surface area contributed by atoms with Gasteiger partial charge in [-0.2, -0.15) is 0 Å². The fourth-order valence-corrected chi connectivity index (χ4v) is 0. The molecule has 0 spiro atoms. The summed E-state index contributed by atoms with van der Waals surface area (Å²) in [7, 11) is 0. The van der Waals surface area contributed by atoms with Gasteiger partial charge in [0.05, 0.1) is 0 Å². The fourth-order valence-electron chi connectivity index (χ4n) is 0. The van der Waals surface area contributed by atoms with Gasteiger partial charge >= 0.3 is 51.9 Å². The molecule has 0 aromatic carbocycles. The van der Waals surface area contributed by atoms with E-state index >= 15 is 0 Å². The summed E-state index contributed by atoms with van der Waals surface area (Å²) in [5.41, 5.74) is 0. The predicted octanol–water partition coefficient (Wildman–Crippen LogP) is -1.98. The van der Waals surface area contributed by atoms with E-state index in [0.29, 0.717) is 0 Å². The summed E-state index contributed by atoms with van der Waals surface area (Å²) in [5.74, 6) is 0. The topological polar surface area (TPSA) is 65.6 Å². The Balaban J connectivity index is -0.0000000200. The molecule has 0 heterocycles. The van der Waals surface area contributed by atoms with Crippen LogP contribution in [-0.2, 0) is 28.9 Å². The molecule has 0 bridgehead atoms. The molecular formula is H4MgO3Zr. The van der Waals surface area contributed by atoms with Gasteiger partial charge < -0.3 is 5.48 Å². The van der Waals surface area contributed by atoms with E-state index in [9.17, 15) is 0 Å². The Bertz CT molecular complexity index is 27.9. The number of hydrogen-bond acceptors (Lipinski definition) is 2. The van der Waals surface area contributed by atoms with Crippen LogP contribution >= 0.6 is 0 Å². The third-order valence-corrected chi connectivity index (χ3v) is 0. The van der Waals surface area contributed by atoms with Crippen molar-refractivity contribution >= 4 is 23.1 Å². The molecule has 28 valence electrons. The zero-order chi connectivity index (χ0) is 2.71. The van der Waals surface area contributed by atoms with Crippen molar-refractivity contribution in [1.82, 2.24) is 0 Å². The molecule has 2 N–H and O–H groups in total. The summed E-state index contributed by atoms with van der Waals surface area (Å²) in [6.07, 6.45) is 0. The van der Waals surface area contributed by atoms with Crippen molar-refractivity contribution in [2.24, 2.45) is 0 Å². The Labute approximate surface area is 57.0 Å². The molecule has 0 unspecified atom stereocenters. The molecule has 0 aliphatic heterocycles. The van der Waals surface area contributed by atoms with Gasteiger partial charge in [0.15, 0.2) is 0 Å². The zero-order valence-corrected chi connectivity index (χ0v) is 4.27. The van der Waals surface area contributed by atoms with Crippen LogP contribution in [0.1, 0.15) is 0 Å². The molecule has 0 aromatic rings. The van der Waals surface area contributed by atoms with E-state index in [2.05, 4.69) is 0 Å². The van der Waals surface area contributed by atoms with Gasteiger partial charge in [0.25, 0.3) is 0 Å². The van der Waals surface area contributed by atoms with Crippen molar-refractivity contribution in [2.45, 2.75) is 0 Å². The molecule has 0 saturated heterocycles. The van der Waals surface area contributed by atoms with E-state index in [4.69, 9.17) is 5.63 Å². The molecule has 0 aliphatic rings. The number of hydrogen-bond donors (Lipinski definition) is 0. The molecule has 0 fully saturated rings. The third-order valence-electron chi connectivity index (χ3n) is 0. The molecule has 5 heteroatoms. The predicted molar refractivity (Wildman–Crippen MR) is 13.5 cm³/mol. The van der Waals surface area contributed by atoms with Gasteiger partial charge in [-0.05, 0) is 0 Å². The Morgan fingerprint density at radius 1 is 1.20 bits per heavy atom. The van der Waals surface area contributed by atoms with Crippen LogP contribution in [0.3, 0.4) is 0 Å². The molecule has 0 aromatic heterocycles. The fraction of sp³-hybridized carbons (Fsp3) is 0. The standard InChI is InChI=1S/Mg.H2O.2O.Zr.2H/h;1H2;;;;;. The second kappa shape index (κ2) is 18.9. The first-order chi connectivity index (χ1) is 1.41. The average molecular weight is 168 g/mol. The van der Waals surface area contributed by atoms with E-state index in [1.165, 1.54) is 0 Å². The molecule has 5 heavy (non-hydrogen) atoms. The van der Waals surface area contributed by atoms with Crippen LogP contribution in [0.4, 0.5) is 0 Å². The van der Waals surface area contributed by atoms with Crippen LogP contribution in [0.15, 0.2) is 0 Å². The molecule has 0 radical (unpaired) electrons. The summed E-state index contributed by atoms with van der Waals surface area (Å²) in [6.45, 7) is 0. The summed E-state index contributed by atoms with van der Waals surface area (Å²) >= 11 is -2.27. The van der Waals surface area contributed by atoms with E-state index in [1.807, 2.05) is 0 Å². The van der Waals surface area contributed by atoms with Crippen molar-refractivity contribution in [3.63, 3.8) is 0 Å². The molecule has 0 saturated carbocycles. The van der Waals surface area contributed by atoms with Crippen molar-refractivity contribution in [2.75, 3.05) is 0 Å². The van der Waals surface area contributed by atoms with E-state index in [-0.39, 0.29) is 28.5 Å². The van der Waals surface area contributed by atoms with Crippen LogP contribution in [-0.4, -0.2) is 28.5 Å². The number of rotatable bonds is 0. The molecule has 3 nitrogen and oxygen atoms in total. The van der Waals surface area contributed by atoms with Crippen molar-refractivity contribution in [3.05, 3.63) is 0 Å². The molecular weight excluding hydrogens is 164 g/mol. The van der Waals surface area contributed by atoms with Gasteiger partial charge in [-0.3, -0.25) is 0 Å². The summed E-state index contributed by atoms with van der Waals surface area (Å²) < 4.78 is 17.1. The summed E-state index contributed by atoms with van der Waals surface area (Å²) in [4.78, 5) is 0. The van der Waals surface area contributed by atoms with Gasteiger partial charge in [0.1, 0.15) is 0 Å². The molecule has 0 amide bonds. The van der Waals surface area contributed by atoms with Gasteiger partial charge in [-0.15, -0.1) is 0 Å². The van der Waals surface area contributed by atoms with Gasteiger partial charge in [-0.1, -0.05) is 0 Å². The van der Waals surface area contributed by atoms with Crippen LogP contribution in [0.5, 0.6) is 0 Å². The second-order valence-corrected chi connectivity index (χ2v) is 0.493. The van der Waals surface area contributed by atoms with Crippen molar-refractivity contribution < 1.29 is 34.3 Å². The third kappa shape index (κ3) is 36.7. The van der Waals surface area contributed by atoms with Gasteiger partial charge in [0, 0.05) is 0 Å². The van der Waals surface area contributed by atoms with Crippen LogP contribution in [0.25, 0.3) is 0 Å². The summed E-state index contributed by atoms with van der Waals surface area (Å²) in [5, 5.41) is 0. The Hall–Kier alpha value is 1.21.